The molecule has 15 heteroatoms. The Hall–Kier alpha value is -2.94. The average molecular weight is 471 g/mol. The van der Waals surface area contributed by atoms with E-state index in [-0.39, 0.29) is 5.69 Å². The molecule has 162 valence electrons. The van der Waals surface area contributed by atoms with E-state index in [1.54, 1.807) is 0 Å². The fourth-order valence-electron chi connectivity index (χ4n) is 2.22. The summed E-state index contributed by atoms with van der Waals surface area (Å²) in [5, 5.41) is 4.03. The first-order valence-electron chi connectivity index (χ1n) is 7.61. The van der Waals surface area contributed by atoms with Gasteiger partial charge in [0.1, 0.15) is 0 Å². The highest BCUT2D eigenvalue weighted by molar-refractivity contribution is 7.82. The highest BCUT2D eigenvalue weighted by atomic mass is 32.1. The van der Waals surface area contributed by atoms with Crippen LogP contribution in [0.3, 0.4) is 0 Å². The zero-order chi connectivity index (χ0) is 22.9. The Morgan fingerprint density at radius 1 is 1.20 bits per heavy atom. The van der Waals surface area contributed by atoms with Crippen LogP contribution in [0.4, 0.5) is 32.0 Å². The lowest BCUT2D eigenvalue weighted by atomic mass is 10.2. The van der Waals surface area contributed by atoms with Crippen molar-refractivity contribution < 1.29 is 35.9 Å². The van der Waals surface area contributed by atoms with E-state index in [0.29, 0.717) is 4.90 Å². The first-order valence-corrected chi connectivity index (χ1v) is 8.43. The normalized spacial score (nSPS) is 11.7. The molecule has 2 rings (SSSR count). The number of aryl methyl sites for hydroxylation is 1. The number of para-hydroxylation sites is 2. The van der Waals surface area contributed by atoms with Gasteiger partial charge in [-0.15, -0.1) is 13.2 Å². The van der Waals surface area contributed by atoms with Crippen LogP contribution >= 0.6 is 24.4 Å². The Morgan fingerprint density at radius 2 is 1.80 bits per heavy atom. The molecule has 0 atom stereocenters. The number of anilines is 1. The Bertz CT molecular complexity index is 989. The van der Waals surface area contributed by atoms with Crippen molar-refractivity contribution in [2.45, 2.75) is 12.5 Å². The molecule has 0 bridgehead atoms. The van der Waals surface area contributed by atoms with Crippen LogP contribution in [-0.2, 0) is 13.2 Å². The maximum atomic E-state index is 13.2. The van der Waals surface area contributed by atoms with E-state index >= 15 is 0 Å². The van der Waals surface area contributed by atoms with Crippen molar-refractivity contribution in [1.29, 1.82) is 0 Å². The van der Waals surface area contributed by atoms with Crippen LogP contribution in [0, 0.1) is 0 Å². The van der Waals surface area contributed by atoms with Crippen molar-refractivity contribution in [3.8, 4) is 5.75 Å². The predicted molar refractivity (Wildman–Crippen MR) is 101 cm³/mol. The molecule has 0 aliphatic carbocycles. The minimum absolute atomic E-state index is 0.321. The molecule has 2 aromatic rings. The molecule has 30 heavy (non-hydrogen) atoms. The molecule has 1 aromatic carbocycles. The van der Waals surface area contributed by atoms with Gasteiger partial charge in [-0.2, -0.15) is 18.3 Å². The van der Waals surface area contributed by atoms with Crippen molar-refractivity contribution >= 4 is 46.3 Å². The number of carbonyl (C=O) groups excluding carboxylic acids is 1. The summed E-state index contributed by atoms with van der Waals surface area (Å²) in [4.78, 5) is 13.0. The molecule has 7 nitrogen and oxygen atoms in total. The van der Waals surface area contributed by atoms with Gasteiger partial charge in [0, 0.05) is 13.2 Å². The molecule has 0 saturated heterocycles. The molecule has 1 heterocycles. The number of alkyl halides is 6. The van der Waals surface area contributed by atoms with Crippen LogP contribution in [0.25, 0.3) is 0 Å². The van der Waals surface area contributed by atoms with Gasteiger partial charge in [0.15, 0.2) is 21.7 Å². The number of halogens is 6. The molecule has 0 aliphatic rings. The number of nitrogens with two attached hydrogens (primary N) is 1. The fraction of sp³-hybridized carbons (Fsp3) is 0.200. The van der Waals surface area contributed by atoms with Crippen LogP contribution in [0.2, 0.25) is 0 Å². The first kappa shape index (κ1) is 23.3. The number of amides is 1. The maximum absolute atomic E-state index is 13.2. The summed E-state index contributed by atoms with van der Waals surface area (Å²) >= 11 is 9.62. The van der Waals surface area contributed by atoms with Crippen molar-refractivity contribution in [1.82, 2.24) is 14.7 Å². The summed E-state index contributed by atoms with van der Waals surface area (Å²) in [6.45, 7) is 0. The number of hydrogen-bond acceptors (Lipinski definition) is 5. The highest BCUT2D eigenvalue weighted by Gasteiger charge is 2.41. The minimum atomic E-state index is -5.03. The Balaban J connectivity index is 2.38. The number of nitrogens with zero attached hydrogens (tertiary/aromatic N) is 3. The van der Waals surface area contributed by atoms with Crippen molar-refractivity contribution in [2.75, 3.05) is 5.32 Å². The van der Waals surface area contributed by atoms with Crippen LogP contribution in [0.15, 0.2) is 30.5 Å². The molecular formula is C15H11F6N5O2S2. The quantitative estimate of drug-likeness (QED) is 0.524. The van der Waals surface area contributed by atoms with Gasteiger partial charge in [0.2, 0.25) is 0 Å². The number of benzene rings is 1. The van der Waals surface area contributed by atoms with Gasteiger partial charge >= 0.3 is 12.5 Å². The molecule has 1 amide bonds. The molecular weight excluding hydrogens is 460 g/mol. The zero-order valence-electron chi connectivity index (χ0n) is 14.7. The molecule has 0 saturated carbocycles. The van der Waals surface area contributed by atoms with Gasteiger partial charge in [-0.05, 0) is 36.6 Å². The topological polar surface area (TPSA) is 85.4 Å². The third-order valence-corrected chi connectivity index (χ3v) is 3.78. The van der Waals surface area contributed by atoms with Gasteiger partial charge in [-0.1, -0.05) is 12.1 Å². The van der Waals surface area contributed by atoms with Gasteiger partial charge in [-0.3, -0.25) is 9.48 Å². The average Bonchev–Trinajstić information content (AvgIpc) is 2.97. The van der Waals surface area contributed by atoms with Crippen LogP contribution in [-0.4, -0.2) is 37.2 Å². The van der Waals surface area contributed by atoms with E-state index in [4.69, 9.17) is 18.0 Å². The lowest BCUT2D eigenvalue weighted by molar-refractivity contribution is -0.274. The number of aromatic nitrogens is 2. The molecule has 0 unspecified atom stereocenters. The Morgan fingerprint density at radius 3 is 2.33 bits per heavy atom. The zero-order valence-corrected chi connectivity index (χ0v) is 16.3. The Labute approximate surface area is 175 Å². The smallest absolute Gasteiger partial charge is 0.404 e. The second-order valence-electron chi connectivity index (χ2n) is 5.52. The molecule has 0 spiro atoms. The van der Waals surface area contributed by atoms with E-state index < -0.39 is 45.7 Å². The summed E-state index contributed by atoms with van der Waals surface area (Å²) in [7, 11) is 1.15. The third kappa shape index (κ3) is 5.56. The van der Waals surface area contributed by atoms with E-state index in [2.05, 4.69) is 27.4 Å². The first-order chi connectivity index (χ1) is 13.7. The number of ether oxygens (including phenoxy) is 1. The molecule has 0 fully saturated rings. The van der Waals surface area contributed by atoms with E-state index in [0.717, 1.165) is 30.1 Å². The van der Waals surface area contributed by atoms with Crippen LogP contribution in [0.5, 0.6) is 5.75 Å². The summed E-state index contributed by atoms with van der Waals surface area (Å²) < 4.78 is 81.7. The molecule has 3 N–H and O–H groups in total. The third-order valence-electron chi connectivity index (χ3n) is 3.31. The number of carbonyl (C=O) groups is 1. The number of rotatable bonds is 3. The summed E-state index contributed by atoms with van der Waals surface area (Å²) in [5.41, 5.74) is 2.66. The number of nitrogens with one attached hydrogen (secondary N) is 1. The second-order valence-corrected chi connectivity index (χ2v) is 6.32. The number of hydrogen-bond donors (Lipinski definition) is 2. The van der Waals surface area contributed by atoms with E-state index in [1.807, 2.05) is 0 Å². The second kappa shape index (κ2) is 8.43. The van der Waals surface area contributed by atoms with Crippen LogP contribution < -0.4 is 15.8 Å². The fourth-order valence-corrected chi connectivity index (χ4v) is 2.75. The monoisotopic (exact) mass is 471 g/mol. The maximum Gasteiger partial charge on any atom is 0.573 e. The Kier molecular flexibility index (Phi) is 6.56. The summed E-state index contributed by atoms with van der Waals surface area (Å²) in [6.07, 6.45) is -9.23. The summed E-state index contributed by atoms with van der Waals surface area (Å²) in [6, 6.07) is 4.63. The molecule has 0 aliphatic heterocycles. The van der Waals surface area contributed by atoms with Gasteiger partial charge in [0.05, 0.1) is 11.3 Å². The van der Waals surface area contributed by atoms with Crippen LogP contribution in [0.1, 0.15) is 16.1 Å². The van der Waals surface area contributed by atoms with Gasteiger partial charge in [-0.25, -0.2) is 4.90 Å². The van der Waals surface area contributed by atoms with Crippen molar-refractivity contribution in [3.63, 3.8) is 0 Å². The summed E-state index contributed by atoms with van der Waals surface area (Å²) in [5.74, 6) is -2.09. The molecule has 0 radical (unpaired) electrons. The van der Waals surface area contributed by atoms with E-state index in [9.17, 15) is 31.1 Å². The van der Waals surface area contributed by atoms with Crippen molar-refractivity contribution in [3.05, 3.63) is 41.7 Å². The number of thiocarbonyl (C=S) groups is 2. The highest BCUT2D eigenvalue weighted by Crippen LogP contribution is 2.32. The standard InChI is InChI=1S/C15H11F6N5O2S2/c1-25-6-7(10(24-25)14(16,17)18)11(27)26(12(22)29)13(30)23-8-4-2-3-5-9(8)28-15(19,20)21/h2-6H,1H3,(H2,22,29)(H,23,30). The van der Waals surface area contributed by atoms with Gasteiger partial charge in [0.25, 0.3) is 5.91 Å². The SMILES string of the molecule is Cn1cc(C(=O)N(C(N)=S)C(=S)Nc2ccccc2OC(F)(F)F)c(C(F)(F)F)n1. The predicted octanol–water partition coefficient (Wildman–Crippen LogP) is 3.42. The lowest BCUT2D eigenvalue weighted by Crippen LogP contribution is -2.47. The lowest BCUT2D eigenvalue weighted by Gasteiger charge is -2.23. The van der Waals surface area contributed by atoms with Crippen molar-refractivity contribution in [2.24, 2.45) is 12.8 Å². The van der Waals surface area contributed by atoms with E-state index in [1.165, 1.54) is 12.1 Å². The minimum Gasteiger partial charge on any atom is -0.404 e. The van der Waals surface area contributed by atoms with Gasteiger partial charge < -0.3 is 15.8 Å². The molecule has 1 aromatic heterocycles. The largest absolute Gasteiger partial charge is 0.573 e.